The van der Waals surface area contributed by atoms with Crippen molar-refractivity contribution >= 4 is 11.8 Å². The molecular formula is C24H27N3O5. The topological polar surface area (TPSA) is 103 Å². The van der Waals surface area contributed by atoms with Gasteiger partial charge in [-0.3, -0.25) is 20.4 Å². The maximum absolute atomic E-state index is 12.3. The molecule has 3 aromatic rings. The van der Waals surface area contributed by atoms with Crippen LogP contribution in [-0.4, -0.2) is 30.5 Å². The molecule has 0 unspecified atom stereocenters. The monoisotopic (exact) mass is 437 g/mol. The van der Waals surface area contributed by atoms with Crippen molar-refractivity contribution < 1.29 is 23.5 Å². The Hall–Kier alpha value is -3.81. The molecule has 2 N–H and O–H groups in total. The van der Waals surface area contributed by atoms with Gasteiger partial charge in [0.1, 0.15) is 0 Å². The largest absolute Gasteiger partial charge is 0.493 e. The lowest BCUT2D eigenvalue weighted by molar-refractivity contribution is -0.121. The van der Waals surface area contributed by atoms with Crippen molar-refractivity contribution in [2.45, 2.75) is 33.1 Å². The van der Waals surface area contributed by atoms with Crippen molar-refractivity contribution in [3.8, 4) is 22.8 Å². The van der Waals surface area contributed by atoms with Crippen molar-refractivity contribution in [2.75, 3.05) is 13.7 Å². The summed E-state index contributed by atoms with van der Waals surface area (Å²) < 4.78 is 16.6. The number of rotatable bonds is 9. The highest BCUT2D eigenvalue weighted by molar-refractivity contribution is 5.96. The SMILES string of the molecule is CCCOc1ccc(C(=O)NNC(=O)CCc2ncc(-c3ccc(C)cc3)o2)cc1OC. The van der Waals surface area contributed by atoms with Gasteiger partial charge in [0.2, 0.25) is 5.91 Å². The summed E-state index contributed by atoms with van der Waals surface area (Å²) in [5, 5.41) is 0. The number of ether oxygens (including phenoxy) is 2. The summed E-state index contributed by atoms with van der Waals surface area (Å²) in [5.74, 6) is 1.29. The van der Waals surface area contributed by atoms with Crippen LogP contribution in [0.3, 0.4) is 0 Å². The first-order valence-corrected chi connectivity index (χ1v) is 10.4. The summed E-state index contributed by atoms with van der Waals surface area (Å²) >= 11 is 0. The first kappa shape index (κ1) is 22.9. The second-order valence-electron chi connectivity index (χ2n) is 7.20. The van der Waals surface area contributed by atoms with E-state index in [1.165, 1.54) is 7.11 Å². The number of methoxy groups -OCH3 is 1. The van der Waals surface area contributed by atoms with E-state index in [1.807, 2.05) is 38.1 Å². The third-order valence-electron chi connectivity index (χ3n) is 4.66. The standard InChI is InChI=1S/C24H27N3O5/c1-4-13-31-19-10-9-18(14-20(19)30-3)24(29)27-26-22(28)11-12-23-25-15-21(32-23)17-7-5-16(2)6-8-17/h5-10,14-15H,4,11-13H2,1-3H3,(H,26,28)(H,27,29). The second-order valence-corrected chi connectivity index (χ2v) is 7.20. The molecule has 0 atom stereocenters. The smallest absolute Gasteiger partial charge is 0.269 e. The number of aryl methyl sites for hydroxylation is 2. The molecule has 8 heteroatoms. The van der Waals surface area contributed by atoms with E-state index in [2.05, 4.69) is 15.8 Å². The number of benzene rings is 2. The molecule has 32 heavy (non-hydrogen) atoms. The maximum Gasteiger partial charge on any atom is 0.269 e. The molecule has 168 valence electrons. The molecule has 0 saturated carbocycles. The Morgan fingerprint density at radius 3 is 2.56 bits per heavy atom. The molecule has 0 radical (unpaired) electrons. The molecule has 0 saturated heterocycles. The lowest BCUT2D eigenvalue weighted by Gasteiger charge is -2.12. The molecule has 1 aromatic heterocycles. The van der Waals surface area contributed by atoms with E-state index in [-0.39, 0.29) is 12.3 Å². The van der Waals surface area contributed by atoms with Gasteiger partial charge < -0.3 is 13.9 Å². The van der Waals surface area contributed by atoms with Gasteiger partial charge in [0.05, 0.1) is 19.9 Å². The zero-order valence-corrected chi connectivity index (χ0v) is 18.4. The number of oxazole rings is 1. The number of aromatic nitrogens is 1. The molecule has 0 aliphatic rings. The summed E-state index contributed by atoms with van der Waals surface area (Å²) in [5.41, 5.74) is 7.22. The van der Waals surface area contributed by atoms with Crippen LogP contribution in [0.5, 0.6) is 11.5 Å². The van der Waals surface area contributed by atoms with Gasteiger partial charge in [0.15, 0.2) is 23.1 Å². The fourth-order valence-electron chi connectivity index (χ4n) is 2.90. The van der Waals surface area contributed by atoms with Crippen LogP contribution in [-0.2, 0) is 11.2 Å². The Bertz CT molecular complexity index is 1060. The van der Waals surface area contributed by atoms with Crippen LogP contribution in [0.15, 0.2) is 53.1 Å². The third-order valence-corrected chi connectivity index (χ3v) is 4.66. The lowest BCUT2D eigenvalue weighted by atomic mass is 10.1. The first-order chi connectivity index (χ1) is 15.5. The Labute approximate surface area is 186 Å². The Morgan fingerprint density at radius 2 is 1.84 bits per heavy atom. The van der Waals surface area contributed by atoms with E-state index >= 15 is 0 Å². The summed E-state index contributed by atoms with van der Waals surface area (Å²) in [6.07, 6.45) is 2.92. The zero-order chi connectivity index (χ0) is 22.9. The van der Waals surface area contributed by atoms with Gasteiger partial charge in [-0.05, 0) is 31.5 Å². The van der Waals surface area contributed by atoms with Gasteiger partial charge in [-0.25, -0.2) is 4.98 Å². The van der Waals surface area contributed by atoms with Gasteiger partial charge in [-0.15, -0.1) is 0 Å². The number of carbonyl (C=O) groups excluding carboxylic acids is 2. The molecule has 8 nitrogen and oxygen atoms in total. The average Bonchev–Trinajstić information content (AvgIpc) is 3.29. The van der Waals surface area contributed by atoms with Crippen LogP contribution in [0.25, 0.3) is 11.3 Å². The van der Waals surface area contributed by atoms with E-state index in [9.17, 15) is 9.59 Å². The van der Waals surface area contributed by atoms with Crippen LogP contribution in [0.4, 0.5) is 0 Å². The summed E-state index contributed by atoms with van der Waals surface area (Å²) in [4.78, 5) is 28.7. The van der Waals surface area contributed by atoms with Gasteiger partial charge in [0.25, 0.3) is 5.91 Å². The van der Waals surface area contributed by atoms with Gasteiger partial charge in [-0.2, -0.15) is 0 Å². The molecule has 0 aliphatic carbocycles. The normalized spacial score (nSPS) is 10.5. The number of amides is 2. The summed E-state index contributed by atoms with van der Waals surface area (Å²) in [6.45, 7) is 4.57. The van der Waals surface area contributed by atoms with E-state index in [0.29, 0.717) is 41.7 Å². The number of nitrogens with one attached hydrogen (secondary N) is 2. The fraction of sp³-hybridized carbons (Fsp3) is 0.292. The number of nitrogens with zero attached hydrogens (tertiary/aromatic N) is 1. The van der Waals surface area contributed by atoms with Crippen molar-refractivity contribution in [1.82, 2.24) is 15.8 Å². The predicted octanol–water partition coefficient (Wildman–Crippen LogP) is 3.84. The molecular weight excluding hydrogens is 410 g/mol. The van der Waals surface area contributed by atoms with Crippen LogP contribution in [0, 0.1) is 6.92 Å². The molecule has 0 spiro atoms. The van der Waals surface area contributed by atoms with Crippen LogP contribution in [0.1, 0.15) is 41.6 Å². The maximum atomic E-state index is 12.3. The Kier molecular flexibility index (Phi) is 7.85. The van der Waals surface area contributed by atoms with Crippen LogP contribution >= 0.6 is 0 Å². The summed E-state index contributed by atoms with van der Waals surface area (Å²) in [6, 6.07) is 12.7. The van der Waals surface area contributed by atoms with E-state index in [4.69, 9.17) is 13.9 Å². The van der Waals surface area contributed by atoms with Crippen molar-refractivity contribution in [2.24, 2.45) is 0 Å². The van der Waals surface area contributed by atoms with Crippen molar-refractivity contribution in [3.63, 3.8) is 0 Å². The quantitative estimate of drug-likeness (QED) is 0.493. The van der Waals surface area contributed by atoms with Crippen molar-refractivity contribution in [1.29, 1.82) is 0 Å². The van der Waals surface area contributed by atoms with Gasteiger partial charge in [-0.1, -0.05) is 36.8 Å². The molecule has 0 aliphatic heterocycles. The van der Waals surface area contributed by atoms with Crippen LogP contribution in [0.2, 0.25) is 0 Å². The molecule has 2 amide bonds. The van der Waals surface area contributed by atoms with E-state index < -0.39 is 5.91 Å². The molecule has 0 fully saturated rings. The highest BCUT2D eigenvalue weighted by Gasteiger charge is 2.13. The highest BCUT2D eigenvalue weighted by Crippen LogP contribution is 2.28. The minimum atomic E-state index is -0.462. The molecule has 1 heterocycles. The Balaban J connectivity index is 1.48. The fourth-order valence-corrected chi connectivity index (χ4v) is 2.90. The summed E-state index contributed by atoms with van der Waals surface area (Å²) in [7, 11) is 1.50. The second kappa shape index (κ2) is 11.0. The molecule has 2 aromatic carbocycles. The zero-order valence-electron chi connectivity index (χ0n) is 18.4. The lowest BCUT2D eigenvalue weighted by Crippen LogP contribution is -2.41. The third kappa shape index (κ3) is 6.10. The van der Waals surface area contributed by atoms with Crippen LogP contribution < -0.4 is 20.3 Å². The first-order valence-electron chi connectivity index (χ1n) is 10.4. The minimum absolute atomic E-state index is 0.112. The number of hydrogen-bond acceptors (Lipinski definition) is 6. The van der Waals surface area contributed by atoms with Gasteiger partial charge in [0, 0.05) is 24.0 Å². The van der Waals surface area contributed by atoms with Crippen molar-refractivity contribution in [3.05, 3.63) is 65.7 Å². The predicted molar refractivity (Wildman–Crippen MR) is 119 cm³/mol. The number of hydrogen-bond donors (Lipinski definition) is 2. The minimum Gasteiger partial charge on any atom is -0.493 e. The Morgan fingerprint density at radius 1 is 1.06 bits per heavy atom. The number of hydrazine groups is 1. The molecule has 3 rings (SSSR count). The van der Waals surface area contributed by atoms with Gasteiger partial charge >= 0.3 is 0 Å². The molecule has 0 bridgehead atoms. The average molecular weight is 437 g/mol. The highest BCUT2D eigenvalue weighted by atomic mass is 16.5. The van der Waals surface area contributed by atoms with E-state index in [1.54, 1.807) is 24.4 Å². The van der Waals surface area contributed by atoms with E-state index in [0.717, 1.165) is 17.5 Å². The number of carbonyl (C=O) groups is 2.